The molecular formula is C27H28FN3. The van der Waals surface area contributed by atoms with Gasteiger partial charge in [-0.2, -0.15) is 0 Å². The van der Waals surface area contributed by atoms with E-state index >= 15 is 0 Å². The summed E-state index contributed by atoms with van der Waals surface area (Å²) in [6.45, 7) is 7.30. The number of nitrogens with zero attached hydrogens (tertiary/aromatic N) is 3. The summed E-state index contributed by atoms with van der Waals surface area (Å²) in [4.78, 5) is 4.87. The van der Waals surface area contributed by atoms with Gasteiger partial charge in [-0.25, -0.2) is 4.39 Å². The average molecular weight is 414 g/mol. The lowest BCUT2D eigenvalue weighted by Gasteiger charge is -2.32. The molecule has 0 bridgehead atoms. The van der Waals surface area contributed by atoms with Gasteiger partial charge in [-0.3, -0.25) is 4.90 Å². The maximum Gasteiger partial charge on any atom is 0.147 e. The highest BCUT2D eigenvalue weighted by molar-refractivity contribution is 5.96. The third-order valence-corrected chi connectivity index (χ3v) is 6.50. The fourth-order valence-corrected chi connectivity index (χ4v) is 4.66. The Morgan fingerprint density at radius 3 is 2.35 bits per heavy atom. The topological polar surface area (TPSA) is 11.4 Å². The standard InChI is InChI=1S/C27H28FN3/c1-20-22(19-30-16-14-29(2)15-17-30)18-27(31(20)26-13-6-5-12-25(26)28)24-11-7-9-21-8-3-4-10-23(21)24/h3-13,18H,14-17,19H2,1-2H3. The molecule has 0 amide bonds. The van der Waals surface area contributed by atoms with E-state index < -0.39 is 0 Å². The first-order valence-electron chi connectivity index (χ1n) is 11.0. The number of piperazine rings is 1. The molecular weight excluding hydrogens is 385 g/mol. The lowest BCUT2D eigenvalue weighted by molar-refractivity contribution is 0.148. The van der Waals surface area contributed by atoms with Crippen molar-refractivity contribution in [2.24, 2.45) is 0 Å². The van der Waals surface area contributed by atoms with Crippen LogP contribution >= 0.6 is 0 Å². The summed E-state index contributed by atoms with van der Waals surface area (Å²) in [5.74, 6) is -0.200. The number of para-hydroxylation sites is 1. The van der Waals surface area contributed by atoms with Crippen molar-refractivity contribution in [2.75, 3.05) is 33.2 Å². The van der Waals surface area contributed by atoms with Crippen LogP contribution in [0.3, 0.4) is 0 Å². The third-order valence-electron chi connectivity index (χ3n) is 6.50. The van der Waals surface area contributed by atoms with Crippen LogP contribution in [0.2, 0.25) is 0 Å². The van der Waals surface area contributed by atoms with Gasteiger partial charge >= 0.3 is 0 Å². The second kappa shape index (κ2) is 8.29. The van der Waals surface area contributed by atoms with Crippen molar-refractivity contribution in [3.05, 3.63) is 89.9 Å². The van der Waals surface area contributed by atoms with Crippen LogP contribution < -0.4 is 0 Å². The lowest BCUT2D eigenvalue weighted by atomic mass is 10.0. The number of hydrogen-bond acceptors (Lipinski definition) is 2. The second-order valence-electron chi connectivity index (χ2n) is 8.53. The third kappa shape index (κ3) is 3.78. The van der Waals surface area contributed by atoms with E-state index in [9.17, 15) is 4.39 Å². The highest BCUT2D eigenvalue weighted by Gasteiger charge is 2.21. The molecule has 31 heavy (non-hydrogen) atoms. The molecule has 1 aliphatic rings. The molecule has 3 aromatic carbocycles. The molecule has 0 radical (unpaired) electrons. The Kier molecular flexibility index (Phi) is 5.34. The Labute approximate surface area is 183 Å². The largest absolute Gasteiger partial charge is 0.311 e. The van der Waals surface area contributed by atoms with E-state index in [4.69, 9.17) is 0 Å². The SMILES string of the molecule is Cc1c(CN2CCN(C)CC2)cc(-c2cccc3ccccc23)n1-c1ccccc1F. The maximum absolute atomic E-state index is 14.9. The fraction of sp³-hybridized carbons (Fsp3) is 0.259. The summed E-state index contributed by atoms with van der Waals surface area (Å²) < 4.78 is 17.0. The summed E-state index contributed by atoms with van der Waals surface area (Å²) >= 11 is 0. The highest BCUT2D eigenvalue weighted by Crippen LogP contribution is 2.35. The van der Waals surface area contributed by atoms with Crippen molar-refractivity contribution < 1.29 is 4.39 Å². The number of rotatable bonds is 4. The van der Waals surface area contributed by atoms with Crippen molar-refractivity contribution >= 4 is 10.8 Å². The fourth-order valence-electron chi connectivity index (χ4n) is 4.66. The van der Waals surface area contributed by atoms with Crippen molar-refractivity contribution in [3.63, 3.8) is 0 Å². The van der Waals surface area contributed by atoms with Gasteiger partial charge in [0.15, 0.2) is 0 Å². The van der Waals surface area contributed by atoms with E-state index in [1.54, 1.807) is 12.1 Å². The molecule has 0 aliphatic carbocycles. The molecule has 2 heterocycles. The van der Waals surface area contributed by atoms with Crippen LogP contribution in [0.1, 0.15) is 11.3 Å². The summed E-state index contributed by atoms with van der Waals surface area (Å²) in [6, 6.07) is 24.1. The molecule has 3 nitrogen and oxygen atoms in total. The number of likely N-dealkylation sites (N-methyl/N-ethyl adjacent to an activating group) is 1. The molecule has 1 aromatic heterocycles. The Balaban J connectivity index is 1.67. The van der Waals surface area contributed by atoms with Gasteiger partial charge in [0.05, 0.1) is 11.4 Å². The molecule has 0 atom stereocenters. The van der Waals surface area contributed by atoms with Gasteiger partial charge in [-0.1, -0.05) is 54.6 Å². The molecule has 1 fully saturated rings. The quantitative estimate of drug-likeness (QED) is 0.438. The number of halogens is 1. The zero-order valence-corrected chi connectivity index (χ0v) is 18.2. The molecule has 5 rings (SSSR count). The van der Waals surface area contributed by atoms with E-state index in [2.05, 4.69) is 76.9 Å². The Bertz CT molecular complexity index is 1210. The maximum atomic E-state index is 14.9. The van der Waals surface area contributed by atoms with Gasteiger partial charge in [0, 0.05) is 44.0 Å². The monoisotopic (exact) mass is 413 g/mol. The number of fused-ring (bicyclic) bond motifs is 1. The minimum absolute atomic E-state index is 0.200. The number of benzene rings is 3. The zero-order valence-electron chi connectivity index (χ0n) is 18.2. The summed E-state index contributed by atoms with van der Waals surface area (Å²) in [5.41, 5.74) is 5.15. The first-order chi connectivity index (χ1) is 15.1. The summed E-state index contributed by atoms with van der Waals surface area (Å²) in [5, 5.41) is 2.38. The smallest absolute Gasteiger partial charge is 0.147 e. The van der Waals surface area contributed by atoms with Crippen molar-refractivity contribution in [3.8, 4) is 16.9 Å². The molecule has 158 valence electrons. The van der Waals surface area contributed by atoms with E-state index in [0.29, 0.717) is 5.69 Å². The van der Waals surface area contributed by atoms with Crippen molar-refractivity contribution in [2.45, 2.75) is 13.5 Å². The minimum Gasteiger partial charge on any atom is -0.311 e. The van der Waals surface area contributed by atoms with Crippen molar-refractivity contribution in [1.82, 2.24) is 14.4 Å². The van der Waals surface area contributed by atoms with Gasteiger partial charge in [0.2, 0.25) is 0 Å². The minimum atomic E-state index is -0.200. The van der Waals surface area contributed by atoms with Gasteiger partial charge in [-0.05, 0) is 48.5 Å². The van der Waals surface area contributed by atoms with Crippen LogP contribution in [-0.4, -0.2) is 47.6 Å². The average Bonchev–Trinajstić information content (AvgIpc) is 3.11. The van der Waals surface area contributed by atoms with E-state index in [0.717, 1.165) is 49.7 Å². The summed E-state index contributed by atoms with van der Waals surface area (Å²) in [7, 11) is 2.18. The van der Waals surface area contributed by atoms with E-state index in [1.165, 1.54) is 16.3 Å². The van der Waals surface area contributed by atoms with Crippen LogP contribution in [0.15, 0.2) is 72.8 Å². The van der Waals surface area contributed by atoms with Crippen LogP contribution in [0.5, 0.6) is 0 Å². The lowest BCUT2D eigenvalue weighted by Crippen LogP contribution is -2.43. The number of hydrogen-bond donors (Lipinski definition) is 0. The normalized spacial score (nSPS) is 15.6. The van der Waals surface area contributed by atoms with Crippen LogP contribution in [0.4, 0.5) is 4.39 Å². The Hall–Kier alpha value is -2.95. The number of aromatic nitrogens is 1. The molecule has 0 unspecified atom stereocenters. The van der Waals surface area contributed by atoms with Gasteiger partial charge in [0.1, 0.15) is 5.82 Å². The predicted molar refractivity (Wildman–Crippen MR) is 126 cm³/mol. The Morgan fingerprint density at radius 1 is 0.839 bits per heavy atom. The molecule has 0 spiro atoms. The molecule has 1 saturated heterocycles. The first-order valence-corrected chi connectivity index (χ1v) is 11.0. The molecule has 4 aromatic rings. The van der Waals surface area contributed by atoms with Gasteiger partial charge in [0.25, 0.3) is 0 Å². The first kappa shape index (κ1) is 20.0. The van der Waals surface area contributed by atoms with Crippen molar-refractivity contribution in [1.29, 1.82) is 0 Å². The Morgan fingerprint density at radius 2 is 1.55 bits per heavy atom. The predicted octanol–water partition coefficient (Wildman–Crippen LogP) is 5.49. The van der Waals surface area contributed by atoms with Crippen LogP contribution in [-0.2, 0) is 6.54 Å². The molecule has 1 aliphatic heterocycles. The van der Waals surface area contributed by atoms with Gasteiger partial charge < -0.3 is 9.47 Å². The second-order valence-corrected chi connectivity index (χ2v) is 8.53. The molecule has 4 heteroatoms. The van der Waals surface area contributed by atoms with Crippen LogP contribution in [0.25, 0.3) is 27.7 Å². The van der Waals surface area contributed by atoms with E-state index in [1.807, 2.05) is 12.1 Å². The molecule has 0 saturated carbocycles. The van der Waals surface area contributed by atoms with E-state index in [-0.39, 0.29) is 5.82 Å². The summed E-state index contributed by atoms with van der Waals surface area (Å²) in [6.07, 6.45) is 0. The van der Waals surface area contributed by atoms with Gasteiger partial charge in [-0.15, -0.1) is 0 Å². The molecule has 0 N–H and O–H groups in total. The highest BCUT2D eigenvalue weighted by atomic mass is 19.1. The van der Waals surface area contributed by atoms with Crippen LogP contribution in [0, 0.1) is 12.7 Å². The zero-order chi connectivity index (χ0) is 21.4.